The SMILES string of the molecule is CCOC(=O)c1ccc(NC(=O)CN(C(C)=O)c2cccc(F)c2)cc1. The fraction of sp³-hybridized carbons (Fsp3) is 0.211. The smallest absolute Gasteiger partial charge is 0.338 e. The van der Waals surface area contributed by atoms with Gasteiger partial charge in [-0.3, -0.25) is 9.59 Å². The molecule has 0 saturated carbocycles. The molecular formula is C19H19FN2O4. The fourth-order valence-electron chi connectivity index (χ4n) is 2.28. The molecule has 0 spiro atoms. The highest BCUT2D eigenvalue weighted by atomic mass is 19.1. The Balaban J connectivity index is 2.04. The highest BCUT2D eigenvalue weighted by molar-refractivity contribution is 6.02. The van der Waals surface area contributed by atoms with Gasteiger partial charge in [0.25, 0.3) is 0 Å². The van der Waals surface area contributed by atoms with Crippen LogP contribution < -0.4 is 10.2 Å². The van der Waals surface area contributed by atoms with Crippen molar-refractivity contribution in [2.24, 2.45) is 0 Å². The minimum atomic E-state index is -0.497. The molecule has 0 bridgehead atoms. The van der Waals surface area contributed by atoms with Crippen LogP contribution in [-0.2, 0) is 14.3 Å². The van der Waals surface area contributed by atoms with Gasteiger partial charge >= 0.3 is 5.97 Å². The van der Waals surface area contributed by atoms with E-state index in [0.717, 1.165) is 0 Å². The minimum Gasteiger partial charge on any atom is -0.462 e. The molecule has 0 heterocycles. The summed E-state index contributed by atoms with van der Waals surface area (Å²) in [5, 5.41) is 2.63. The van der Waals surface area contributed by atoms with Crippen LogP contribution in [0.5, 0.6) is 0 Å². The van der Waals surface area contributed by atoms with Gasteiger partial charge in [-0.2, -0.15) is 0 Å². The zero-order valence-corrected chi connectivity index (χ0v) is 14.5. The van der Waals surface area contributed by atoms with Crippen LogP contribution in [0.25, 0.3) is 0 Å². The average molecular weight is 358 g/mol. The molecule has 2 rings (SSSR count). The number of carbonyl (C=O) groups excluding carboxylic acids is 3. The van der Waals surface area contributed by atoms with Crippen LogP contribution in [0.1, 0.15) is 24.2 Å². The number of esters is 1. The predicted molar refractivity (Wildman–Crippen MR) is 95.5 cm³/mol. The average Bonchev–Trinajstić information content (AvgIpc) is 2.60. The van der Waals surface area contributed by atoms with Crippen LogP contribution in [0.2, 0.25) is 0 Å². The first-order valence-corrected chi connectivity index (χ1v) is 8.01. The molecular weight excluding hydrogens is 339 g/mol. The molecule has 2 aromatic carbocycles. The number of amides is 2. The molecule has 2 aromatic rings. The van der Waals surface area contributed by atoms with Gasteiger partial charge in [0.1, 0.15) is 12.4 Å². The number of hydrogen-bond acceptors (Lipinski definition) is 4. The largest absolute Gasteiger partial charge is 0.462 e. The van der Waals surface area contributed by atoms with Gasteiger partial charge in [0.2, 0.25) is 11.8 Å². The molecule has 0 aliphatic heterocycles. The molecule has 136 valence electrons. The van der Waals surface area contributed by atoms with Crippen molar-refractivity contribution in [1.29, 1.82) is 0 Å². The van der Waals surface area contributed by atoms with E-state index in [1.165, 1.54) is 42.2 Å². The van der Waals surface area contributed by atoms with E-state index >= 15 is 0 Å². The van der Waals surface area contributed by atoms with Crippen LogP contribution in [-0.4, -0.2) is 30.9 Å². The van der Waals surface area contributed by atoms with Crippen molar-refractivity contribution in [3.63, 3.8) is 0 Å². The zero-order chi connectivity index (χ0) is 19.1. The van der Waals surface area contributed by atoms with Gasteiger partial charge < -0.3 is 15.0 Å². The van der Waals surface area contributed by atoms with Crippen molar-refractivity contribution in [2.45, 2.75) is 13.8 Å². The van der Waals surface area contributed by atoms with E-state index < -0.39 is 17.7 Å². The van der Waals surface area contributed by atoms with E-state index in [4.69, 9.17) is 4.74 Å². The minimum absolute atomic E-state index is 0.265. The molecule has 7 heteroatoms. The third kappa shape index (κ3) is 5.14. The van der Waals surface area contributed by atoms with Gasteiger partial charge in [0.15, 0.2) is 0 Å². The predicted octanol–water partition coefficient (Wildman–Crippen LogP) is 2.99. The quantitative estimate of drug-likeness (QED) is 0.806. The van der Waals surface area contributed by atoms with E-state index in [-0.39, 0.29) is 19.1 Å². The normalized spacial score (nSPS) is 10.1. The summed E-state index contributed by atoms with van der Waals surface area (Å²) in [6.07, 6.45) is 0. The second-order valence-corrected chi connectivity index (χ2v) is 5.43. The molecule has 1 N–H and O–H groups in total. The number of nitrogens with one attached hydrogen (secondary N) is 1. The van der Waals surface area contributed by atoms with Gasteiger partial charge in [-0.05, 0) is 49.4 Å². The molecule has 26 heavy (non-hydrogen) atoms. The number of anilines is 2. The maximum Gasteiger partial charge on any atom is 0.338 e. The van der Waals surface area contributed by atoms with Crippen LogP contribution >= 0.6 is 0 Å². The summed E-state index contributed by atoms with van der Waals surface area (Å²) in [4.78, 5) is 36.8. The molecule has 0 aliphatic rings. The summed E-state index contributed by atoms with van der Waals surface area (Å²) in [6.45, 7) is 3.02. The van der Waals surface area contributed by atoms with Crippen molar-refractivity contribution in [2.75, 3.05) is 23.4 Å². The van der Waals surface area contributed by atoms with Gasteiger partial charge in [-0.1, -0.05) is 6.07 Å². The number of hydrogen-bond donors (Lipinski definition) is 1. The number of halogens is 1. The summed E-state index contributed by atoms with van der Waals surface area (Å²) in [5.41, 5.74) is 1.13. The Morgan fingerprint density at radius 3 is 2.38 bits per heavy atom. The topological polar surface area (TPSA) is 75.7 Å². The second-order valence-electron chi connectivity index (χ2n) is 5.43. The summed E-state index contributed by atoms with van der Waals surface area (Å²) in [7, 11) is 0. The van der Waals surface area contributed by atoms with Crippen LogP contribution in [0.4, 0.5) is 15.8 Å². The van der Waals surface area contributed by atoms with Crippen molar-refractivity contribution in [3.05, 3.63) is 59.9 Å². The Hall–Kier alpha value is -3.22. The molecule has 0 atom stereocenters. The zero-order valence-electron chi connectivity index (χ0n) is 14.5. The Labute approximate surface area is 150 Å². The maximum absolute atomic E-state index is 13.4. The second kappa shape index (κ2) is 8.75. The first kappa shape index (κ1) is 19.1. The maximum atomic E-state index is 13.4. The molecule has 0 radical (unpaired) electrons. The summed E-state index contributed by atoms with van der Waals surface area (Å²) < 4.78 is 18.2. The molecule has 0 aromatic heterocycles. The molecule has 0 unspecified atom stereocenters. The fourth-order valence-corrected chi connectivity index (χ4v) is 2.28. The van der Waals surface area contributed by atoms with Crippen LogP contribution in [0.3, 0.4) is 0 Å². The van der Waals surface area contributed by atoms with Crippen molar-refractivity contribution in [1.82, 2.24) is 0 Å². The van der Waals surface area contributed by atoms with E-state index in [0.29, 0.717) is 16.9 Å². The number of ether oxygens (including phenoxy) is 1. The Morgan fingerprint density at radius 2 is 1.81 bits per heavy atom. The molecule has 0 fully saturated rings. The number of rotatable bonds is 6. The number of benzene rings is 2. The Bertz CT molecular complexity index is 805. The molecule has 0 aliphatic carbocycles. The van der Waals surface area contributed by atoms with Gasteiger partial charge in [-0.25, -0.2) is 9.18 Å². The Kier molecular flexibility index (Phi) is 6.43. The lowest BCUT2D eigenvalue weighted by atomic mass is 10.2. The van der Waals surface area contributed by atoms with Crippen LogP contribution in [0, 0.1) is 5.82 Å². The monoisotopic (exact) mass is 358 g/mol. The van der Waals surface area contributed by atoms with Gasteiger partial charge in [0.05, 0.1) is 12.2 Å². The standard InChI is InChI=1S/C19H19FN2O4/c1-3-26-19(25)14-7-9-16(10-8-14)21-18(24)12-22(13(2)23)17-6-4-5-15(20)11-17/h4-11H,3,12H2,1-2H3,(H,21,24). The summed E-state index contributed by atoms with van der Waals surface area (Å²) in [6, 6.07) is 11.6. The highest BCUT2D eigenvalue weighted by Gasteiger charge is 2.16. The third-order valence-electron chi connectivity index (χ3n) is 3.48. The molecule has 0 saturated heterocycles. The summed E-state index contributed by atoms with van der Waals surface area (Å²) >= 11 is 0. The highest BCUT2D eigenvalue weighted by Crippen LogP contribution is 2.16. The van der Waals surface area contributed by atoms with E-state index in [9.17, 15) is 18.8 Å². The van der Waals surface area contributed by atoms with Gasteiger partial charge in [-0.15, -0.1) is 0 Å². The van der Waals surface area contributed by atoms with Gasteiger partial charge in [0, 0.05) is 18.3 Å². The van der Waals surface area contributed by atoms with E-state index in [1.807, 2.05) is 0 Å². The first-order valence-electron chi connectivity index (χ1n) is 8.01. The van der Waals surface area contributed by atoms with Crippen molar-refractivity contribution >= 4 is 29.2 Å². The number of carbonyl (C=O) groups is 3. The number of nitrogens with zero attached hydrogens (tertiary/aromatic N) is 1. The first-order chi connectivity index (χ1) is 12.4. The lowest BCUT2D eigenvalue weighted by molar-refractivity contribution is -0.120. The Morgan fingerprint density at radius 1 is 1.12 bits per heavy atom. The van der Waals surface area contributed by atoms with Crippen molar-refractivity contribution < 1.29 is 23.5 Å². The van der Waals surface area contributed by atoms with Crippen LogP contribution in [0.15, 0.2) is 48.5 Å². The third-order valence-corrected chi connectivity index (χ3v) is 3.48. The molecule has 6 nitrogen and oxygen atoms in total. The molecule has 2 amide bonds. The lowest BCUT2D eigenvalue weighted by Crippen LogP contribution is -2.36. The summed E-state index contributed by atoms with van der Waals surface area (Å²) in [5.74, 6) is -1.78. The van der Waals surface area contributed by atoms with E-state index in [1.54, 1.807) is 25.1 Å². The van der Waals surface area contributed by atoms with Crippen molar-refractivity contribution in [3.8, 4) is 0 Å². The lowest BCUT2D eigenvalue weighted by Gasteiger charge is -2.20. The van der Waals surface area contributed by atoms with E-state index in [2.05, 4.69) is 5.32 Å².